The summed E-state index contributed by atoms with van der Waals surface area (Å²) in [5.74, 6) is -0.246. The van der Waals surface area contributed by atoms with Crippen molar-refractivity contribution in [1.82, 2.24) is 25.0 Å². The predicted octanol–water partition coefficient (Wildman–Crippen LogP) is 4.59. The number of nitrogens with two attached hydrogens (primary N) is 1. The Kier molecular flexibility index (Phi) is 11.7. The largest absolute Gasteiger partial charge is 0.329 e. The standard InChI is InChI=1S/C15H12FN3.C11H27N3/c1-10-8-12(6-7-17-10)14-9-18-19-15(14)11-2-4-13(16)5-3-11;1-4-13(5-2)9-7-10-14(6-3)11-8-12/h2-9H,1H3,(H,18,19);4-12H2,1-3H3. The fourth-order valence-corrected chi connectivity index (χ4v) is 3.72. The quantitative estimate of drug-likeness (QED) is 0.443. The Labute approximate surface area is 198 Å². The predicted molar refractivity (Wildman–Crippen MR) is 136 cm³/mol. The van der Waals surface area contributed by atoms with Crippen LogP contribution in [0.15, 0.2) is 48.8 Å². The minimum atomic E-state index is -0.246. The van der Waals surface area contributed by atoms with Gasteiger partial charge in [-0.05, 0) is 88.0 Å². The maximum Gasteiger partial charge on any atom is 0.123 e. The summed E-state index contributed by atoms with van der Waals surface area (Å²) in [7, 11) is 0. The molecule has 33 heavy (non-hydrogen) atoms. The molecule has 6 nitrogen and oxygen atoms in total. The summed E-state index contributed by atoms with van der Waals surface area (Å²) in [6, 6.07) is 10.3. The van der Waals surface area contributed by atoms with Crippen molar-refractivity contribution in [1.29, 1.82) is 0 Å². The van der Waals surface area contributed by atoms with Crippen LogP contribution >= 0.6 is 0 Å². The lowest BCUT2D eigenvalue weighted by atomic mass is 10.0. The number of nitrogens with zero attached hydrogens (tertiary/aromatic N) is 4. The number of hydrogen-bond acceptors (Lipinski definition) is 5. The summed E-state index contributed by atoms with van der Waals surface area (Å²) in [6.07, 6.45) is 4.80. The number of H-pyrrole nitrogens is 1. The van der Waals surface area contributed by atoms with Crippen LogP contribution in [0.4, 0.5) is 4.39 Å². The second-order valence-electron chi connectivity index (χ2n) is 7.95. The van der Waals surface area contributed by atoms with E-state index < -0.39 is 0 Å². The van der Waals surface area contributed by atoms with Gasteiger partial charge in [0.05, 0.1) is 11.9 Å². The lowest BCUT2D eigenvalue weighted by Crippen LogP contribution is -2.33. The van der Waals surface area contributed by atoms with Gasteiger partial charge >= 0.3 is 0 Å². The Morgan fingerprint density at radius 3 is 2.18 bits per heavy atom. The molecule has 0 aliphatic rings. The van der Waals surface area contributed by atoms with E-state index in [-0.39, 0.29) is 5.82 Å². The number of halogens is 1. The highest BCUT2D eigenvalue weighted by Crippen LogP contribution is 2.30. The number of aryl methyl sites for hydroxylation is 1. The van der Waals surface area contributed by atoms with Gasteiger partial charge in [0.2, 0.25) is 0 Å². The Morgan fingerprint density at radius 1 is 0.909 bits per heavy atom. The molecule has 0 radical (unpaired) electrons. The van der Waals surface area contributed by atoms with Gasteiger partial charge in [0.25, 0.3) is 0 Å². The van der Waals surface area contributed by atoms with Gasteiger partial charge in [0, 0.05) is 36.1 Å². The van der Waals surface area contributed by atoms with Gasteiger partial charge in [0.15, 0.2) is 0 Å². The monoisotopic (exact) mass is 454 g/mol. The zero-order valence-electron chi connectivity index (χ0n) is 20.5. The number of nitrogens with one attached hydrogen (secondary N) is 1. The van der Waals surface area contributed by atoms with E-state index in [1.807, 2.05) is 19.1 Å². The molecule has 0 fully saturated rings. The molecule has 0 aliphatic heterocycles. The van der Waals surface area contributed by atoms with Crippen molar-refractivity contribution in [3.8, 4) is 22.4 Å². The molecule has 2 heterocycles. The van der Waals surface area contributed by atoms with E-state index in [1.165, 1.54) is 44.7 Å². The Bertz CT molecular complexity index is 921. The first-order chi connectivity index (χ1) is 16.0. The molecule has 0 bridgehead atoms. The van der Waals surface area contributed by atoms with Crippen molar-refractivity contribution in [3.05, 3.63) is 60.3 Å². The van der Waals surface area contributed by atoms with Crippen LogP contribution in [0.3, 0.4) is 0 Å². The fraction of sp³-hybridized carbons (Fsp3) is 0.462. The minimum absolute atomic E-state index is 0.246. The van der Waals surface area contributed by atoms with E-state index in [9.17, 15) is 4.39 Å². The van der Waals surface area contributed by atoms with Crippen molar-refractivity contribution >= 4 is 0 Å². The highest BCUT2D eigenvalue weighted by atomic mass is 19.1. The molecule has 0 unspecified atom stereocenters. The van der Waals surface area contributed by atoms with Crippen molar-refractivity contribution in [2.75, 3.05) is 45.8 Å². The lowest BCUT2D eigenvalue weighted by Gasteiger charge is -2.22. The fourth-order valence-electron chi connectivity index (χ4n) is 3.72. The summed E-state index contributed by atoms with van der Waals surface area (Å²) < 4.78 is 13.0. The summed E-state index contributed by atoms with van der Waals surface area (Å²) in [5, 5.41) is 7.05. The molecule has 0 spiro atoms. The van der Waals surface area contributed by atoms with Gasteiger partial charge in [-0.2, -0.15) is 5.10 Å². The molecule has 0 atom stereocenters. The van der Waals surface area contributed by atoms with E-state index in [1.54, 1.807) is 24.5 Å². The van der Waals surface area contributed by atoms with Crippen LogP contribution in [0.2, 0.25) is 0 Å². The van der Waals surface area contributed by atoms with Gasteiger partial charge in [-0.15, -0.1) is 0 Å². The van der Waals surface area contributed by atoms with Crippen LogP contribution < -0.4 is 5.73 Å². The number of hydrogen-bond donors (Lipinski definition) is 2. The van der Waals surface area contributed by atoms with Gasteiger partial charge < -0.3 is 15.5 Å². The average Bonchev–Trinajstić information content (AvgIpc) is 3.32. The second-order valence-corrected chi connectivity index (χ2v) is 7.95. The number of aromatic amines is 1. The Morgan fingerprint density at radius 2 is 1.58 bits per heavy atom. The number of pyridine rings is 1. The third-order valence-corrected chi connectivity index (χ3v) is 5.72. The topological polar surface area (TPSA) is 74.1 Å². The zero-order valence-corrected chi connectivity index (χ0v) is 20.5. The molecular formula is C26H39FN6. The molecule has 0 saturated heterocycles. The molecule has 2 aromatic heterocycles. The number of aromatic nitrogens is 3. The van der Waals surface area contributed by atoms with Crippen molar-refractivity contribution in [2.45, 2.75) is 34.1 Å². The Balaban J connectivity index is 0.000000248. The molecule has 0 amide bonds. The third-order valence-electron chi connectivity index (χ3n) is 5.72. The Hall–Kier alpha value is -2.61. The normalized spacial score (nSPS) is 11.0. The highest BCUT2D eigenvalue weighted by Gasteiger charge is 2.10. The molecule has 3 N–H and O–H groups in total. The van der Waals surface area contributed by atoms with Crippen molar-refractivity contribution < 1.29 is 4.39 Å². The van der Waals surface area contributed by atoms with Gasteiger partial charge in [-0.3, -0.25) is 10.1 Å². The van der Waals surface area contributed by atoms with Crippen molar-refractivity contribution in [2.24, 2.45) is 5.73 Å². The SMILES string of the molecule is CCN(CC)CCCN(CC)CCN.Cc1cc(-c2cn[nH]c2-c2ccc(F)cc2)ccn1. The molecule has 0 saturated carbocycles. The number of rotatable bonds is 11. The first-order valence-corrected chi connectivity index (χ1v) is 11.9. The first-order valence-electron chi connectivity index (χ1n) is 11.9. The van der Waals surface area contributed by atoms with Gasteiger partial charge in [-0.1, -0.05) is 20.8 Å². The first kappa shape index (κ1) is 26.6. The van der Waals surface area contributed by atoms with Crippen LogP contribution in [0.5, 0.6) is 0 Å². The minimum Gasteiger partial charge on any atom is -0.329 e. The molecule has 180 valence electrons. The number of likely N-dealkylation sites (N-methyl/N-ethyl adjacent to an activating group) is 1. The van der Waals surface area contributed by atoms with E-state index in [4.69, 9.17) is 5.73 Å². The van der Waals surface area contributed by atoms with E-state index in [2.05, 4.69) is 45.8 Å². The van der Waals surface area contributed by atoms with Crippen LogP contribution in [0.1, 0.15) is 32.9 Å². The van der Waals surface area contributed by atoms with Crippen LogP contribution in [-0.4, -0.2) is 70.8 Å². The summed E-state index contributed by atoms with van der Waals surface area (Å²) in [5.41, 5.74) is 10.3. The molecule has 3 aromatic rings. The smallest absolute Gasteiger partial charge is 0.123 e. The van der Waals surface area contributed by atoms with Crippen LogP contribution in [0, 0.1) is 12.7 Å². The summed E-state index contributed by atoms with van der Waals surface area (Å²) >= 11 is 0. The molecule has 7 heteroatoms. The molecule has 0 aliphatic carbocycles. The van der Waals surface area contributed by atoms with Crippen LogP contribution in [-0.2, 0) is 0 Å². The molecular weight excluding hydrogens is 415 g/mol. The summed E-state index contributed by atoms with van der Waals surface area (Å²) in [4.78, 5) is 9.07. The average molecular weight is 455 g/mol. The van der Waals surface area contributed by atoms with E-state index >= 15 is 0 Å². The van der Waals surface area contributed by atoms with Crippen molar-refractivity contribution in [3.63, 3.8) is 0 Å². The second kappa shape index (κ2) is 14.5. The zero-order chi connectivity index (χ0) is 24.1. The van der Waals surface area contributed by atoms with E-state index in [0.29, 0.717) is 0 Å². The van der Waals surface area contributed by atoms with E-state index in [0.717, 1.165) is 47.7 Å². The van der Waals surface area contributed by atoms with Crippen LogP contribution in [0.25, 0.3) is 22.4 Å². The maximum absolute atomic E-state index is 13.0. The summed E-state index contributed by atoms with van der Waals surface area (Å²) in [6.45, 7) is 16.3. The lowest BCUT2D eigenvalue weighted by molar-refractivity contribution is 0.247. The molecule has 3 rings (SSSR count). The number of benzene rings is 1. The maximum atomic E-state index is 13.0. The highest BCUT2D eigenvalue weighted by molar-refractivity contribution is 5.80. The molecule has 1 aromatic carbocycles. The van der Waals surface area contributed by atoms with Gasteiger partial charge in [-0.25, -0.2) is 4.39 Å². The van der Waals surface area contributed by atoms with Gasteiger partial charge in [0.1, 0.15) is 5.82 Å². The third kappa shape index (κ3) is 8.68.